The van der Waals surface area contributed by atoms with Crippen molar-refractivity contribution in [2.24, 2.45) is 0 Å². The van der Waals surface area contributed by atoms with Crippen molar-refractivity contribution in [3.63, 3.8) is 0 Å². The molecular weight excluding hydrogens is 365 g/mol. The molecule has 2 aromatic rings. The number of hydrogen-bond donors (Lipinski definition) is 1. The Morgan fingerprint density at radius 1 is 1.00 bits per heavy atom. The molecule has 2 aromatic carbocycles. The Morgan fingerprint density at radius 2 is 1.68 bits per heavy atom. The molecule has 7 heteroatoms. The number of rotatable bonds is 11. The molecule has 0 unspecified atom stereocenters. The van der Waals surface area contributed by atoms with E-state index in [4.69, 9.17) is 18.9 Å². The Kier molecular flexibility index (Phi) is 8.39. The monoisotopic (exact) mass is 391 g/mol. The normalized spacial score (nSPS) is 10.3. The summed E-state index contributed by atoms with van der Waals surface area (Å²) in [4.78, 5) is 12.0. The van der Waals surface area contributed by atoms with E-state index in [-0.39, 0.29) is 11.7 Å². The highest BCUT2D eigenvalue weighted by atomic mass is 19.1. The van der Waals surface area contributed by atoms with Gasteiger partial charge in [0, 0.05) is 13.0 Å². The smallest absolute Gasteiger partial charge is 0.220 e. The van der Waals surface area contributed by atoms with E-state index in [0.29, 0.717) is 49.7 Å². The summed E-state index contributed by atoms with van der Waals surface area (Å²) in [5.74, 6) is 1.39. The van der Waals surface area contributed by atoms with Crippen molar-refractivity contribution in [1.82, 2.24) is 5.32 Å². The molecule has 28 heavy (non-hydrogen) atoms. The Morgan fingerprint density at radius 3 is 2.29 bits per heavy atom. The summed E-state index contributed by atoms with van der Waals surface area (Å²) in [6, 6.07) is 9.90. The number of aryl methyl sites for hydroxylation is 1. The van der Waals surface area contributed by atoms with E-state index in [0.717, 1.165) is 5.56 Å². The second-order valence-corrected chi connectivity index (χ2v) is 6.02. The van der Waals surface area contributed by atoms with Crippen LogP contribution in [-0.2, 0) is 11.2 Å². The van der Waals surface area contributed by atoms with Gasteiger partial charge < -0.3 is 24.3 Å². The zero-order chi connectivity index (χ0) is 20.4. The minimum absolute atomic E-state index is 0.0698. The van der Waals surface area contributed by atoms with Crippen LogP contribution in [0.2, 0.25) is 0 Å². The van der Waals surface area contributed by atoms with Gasteiger partial charge in [-0.1, -0.05) is 12.1 Å². The quantitative estimate of drug-likeness (QED) is 0.595. The molecule has 2 rings (SSSR count). The van der Waals surface area contributed by atoms with Gasteiger partial charge in [-0.05, 0) is 42.7 Å². The molecule has 152 valence electrons. The number of carbonyl (C=O) groups is 1. The number of methoxy groups -OCH3 is 3. The lowest BCUT2D eigenvalue weighted by atomic mass is 10.1. The number of nitrogens with one attached hydrogen (secondary N) is 1. The lowest BCUT2D eigenvalue weighted by Crippen LogP contribution is -2.25. The van der Waals surface area contributed by atoms with Crippen molar-refractivity contribution in [1.29, 1.82) is 0 Å². The molecule has 0 aliphatic rings. The van der Waals surface area contributed by atoms with Gasteiger partial charge in [0.15, 0.2) is 23.1 Å². The summed E-state index contributed by atoms with van der Waals surface area (Å²) < 4.78 is 34.7. The second-order valence-electron chi connectivity index (χ2n) is 6.02. The van der Waals surface area contributed by atoms with Gasteiger partial charge in [0.2, 0.25) is 11.7 Å². The average Bonchev–Trinajstić information content (AvgIpc) is 2.72. The van der Waals surface area contributed by atoms with E-state index in [1.807, 2.05) is 12.1 Å². The molecule has 0 saturated carbocycles. The van der Waals surface area contributed by atoms with E-state index in [2.05, 4.69) is 5.32 Å². The zero-order valence-corrected chi connectivity index (χ0v) is 16.4. The highest BCUT2D eigenvalue weighted by Gasteiger charge is 2.13. The van der Waals surface area contributed by atoms with Crippen LogP contribution in [0, 0.1) is 5.82 Å². The predicted molar refractivity (Wildman–Crippen MR) is 104 cm³/mol. The van der Waals surface area contributed by atoms with Gasteiger partial charge in [-0.2, -0.15) is 0 Å². The Labute approximate surface area is 164 Å². The number of hydrogen-bond acceptors (Lipinski definition) is 5. The first kappa shape index (κ1) is 21.3. The van der Waals surface area contributed by atoms with Gasteiger partial charge in [-0.15, -0.1) is 0 Å². The van der Waals surface area contributed by atoms with Crippen molar-refractivity contribution < 1.29 is 28.1 Å². The summed E-state index contributed by atoms with van der Waals surface area (Å²) in [5, 5.41) is 2.83. The Balaban J connectivity index is 1.74. The summed E-state index contributed by atoms with van der Waals surface area (Å²) in [6.07, 6.45) is 1.45. The third-order valence-electron chi connectivity index (χ3n) is 4.10. The van der Waals surface area contributed by atoms with Gasteiger partial charge in [0.25, 0.3) is 0 Å². The van der Waals surface area contributed by atoms with Crippen LogP contribution in [0.4, 0.5) is 4.39 Å². The minimum Gasteiger partial charge on any atom is -0.493 e. The molecule has 0 radical (unpaired) electrons. The molecular formula is C21H26FNO5. The fraction of sp³-hybridized carbons (Fsp3) is 0.381. The van der Waals surface area contributed by atoms with Crippen LogP contribution in [0.3, 0.4) is 0 Å². The van der Waals surface area contributed by atoms with Gasteiger partial charge >= 0.3 is 0 Å². The molecule has 0 saturated heterocycles. The fourth-order valence-electron chi connectivity index (χ4n) is 2.67. The SMILES string of the molecule is COc1cc(CCC(=O)NCCCOc2ccccc2F)cc(OC)c1OC. The predicted octanol–water partition coefficient (Wildman–Crippen LogP) is 3.37. The molecule has 1 N–H and O–H groups in total. The number of amides is 1. The minimum atomic E-state index is -0.392. The van der Waals surface area contributed by atoms with Crippen LogP contribution in [0.15, 0.2) is 36.4 Å². The van der Waals surface area contributed by atoms with E-state index < -0.39 is 5.82 Å². The van der Waals surface area contributed by atoms with Crippen LogP contribution in [-0.4, -0.2) is 40.4 Å². The lowest BCUT2D eigenvalue weighted by molar-refractivity contribution is -0.121. The van der Waals surface area contributed by atoms with Gasteiger partial charge in [0.05, 0.1) is 27.9 Å². The van der Waals surface area contributed by atoms with E-state index in [9.17, 15) is 9.18 Å². The molecule has 0 atom stereocenters. The maximum Gasteiger partial charge on any atom is 0.220 e. The Hall–Kier alpha value is -2.96. The molecule has 0 bridgehead atoms. The molecule has 0 aromatic heterocycles. The van der Waals surface area contributed by atoms with Crippen molar-refractivity contribution in [2.75, 3.05) is 34.5 Å². The summed E-state index contributed by atoms with van der Waals surface area (Å²) in [6.45, 7) is 0.788. The molecule has 0 aliphatic carbocycles. The summed E-state index contributed by atoms with van der Waals surface area (Å²) in [5.41, 5.74) is 0.910. The number of halogens is 1. The van der Waals surface area contributed by atoms with Crippen LogP contribution in [0.25, 0.3) is 0 Å². The molecule has 0 fully saturated rings. The summed E-state index contributed by atoms with van der Waals surface area (Å²) in [7, 11) is 4.65. The average molecular weight is 391 g/mol. The maximum atomic E-state index is 13.4. The first-order valence-corrected chi connectivity index (χ1v) is 9.02. The van der Waals surface area contributed by atoms with Crippen molar-refractivity contribution >= 4 is 5.91 Å². The first-order valence-electron chi connectivity index (χ1n) is 9.02. The highest BCUT2D eigenvalue weighted by molar-refractivity contribution is 5.76. The van der Waals surface area contributed by atoms with Gasteiger partial charge in [0.1, 0.15) is 0 Å². The third-order valence-corrected chi connectivity index (χ3v) is 4.10. The van der Waals surface area contributed by atoms with E-state index in [1.165, 1.54) is 6.07 Å². The third kappa shape index (κ3) is 6.04. The first-order chi connectivity index (χ1) is 13.6. The molecule has 1 amide bonds. The zero-order valence-electron chi connectivity index (χ0n) is 16.4. The lowest BCUT2D eigenvalue weighted by Gasteiger charge is -2.14. The number of carbonyl (C=O) groups excluding carboxylic acids is 1. The van der Waals surface area contributed by atoms with Gasteiger partial charge in [-0.25, -0.2) is 4.39 Å². The topological polar surface area (TPSA) is 66.0 Å². The molecule has 0 spiro atoms. The van der Waals surface area contributed by atoms with Crippen molar-refractivity contribution in [3.05, 3.63) is 47.8 Å². The standard InChI is InChI=1S/C21H26FNO5/c1-25-18-13-15(14-19(26-2)21(18)27-3)9-10-20(24)23-11-6-12-28-17-8-5-4-7-16(17)22/h4-5,7-8,13-14H,6,9-12H2,1-3H3,(H,23,24). The van der Waals surface area contributed by atoms with Crippen molar-refractivity contribution in [2.45, 2.75) is 19.3 Å². The van der Waals surface area contributed by atoms with E-state index in [1.54, 1.807) is 39.5 Å². The largest absolute Gasteiger partial charge is 0.493 e. The number of ether oxygens (including phenoxy) is 4. The van der Waals surface area contributed by atoms with E-state index >= 15 is 0 Å². The number of para-hydroxylation sites is 1. The maximum absolute atomic E-state index is 13.4. The fourth-order valence-corrected chi connectivity index (χ4v) is 2.67. The highest BCUT2D eigenvalue weighted by Crippen LogP contribution is 2.38. The number of benzene rings is 2. The van der Waals surface area contributed by atoms with Crippen LogP contribution >= 0.6 is 0 Å². The van der Waals surface area contributed by atoms with Crippen LogP contribution < -0.4 is 24.3 Å². The van der Waals surface area contributed by atoms with Crippen LogP contribution in [0.1, 0.15) is 18.4 Å². The summed E-state index contributed by atoms with van der Waals surface area (Å²) >= 11 is 0. The van der Waals surface area contributed by atoms with Gasteiger partial charge in [-0.3, -0.25) is 4.79 Å². The second kappa shape index (κ2) is 11.0. The molecule has 6 nitrogen and oxygen atoms in total. The van der Waals surface area contributed by atoms with Crippen molar-refractivity contribution in [3.8, 4) is 23.0 Å². The molecule has 0 aliphatic heterocycles. The Bertz CT molecular complexity index is 756. The van der Waals surface area contributed by atoms with Crippen LogP contribution in [0.5, 0.6) is 23.0 Å². The molecule has 0 heterocycles.